The Bertz CT molecular complexity index is 701. The molecule has 0 unspecified atom stereocenters. The summed E-state index contributed by atoms with van der Waals surface area (Å²) in [7, 11) is 0. The number of hydrogen-bond acceptors (Lipinski definition) is 4. The minimum atomic E-state index is -0.520. The van der Waals surface area contributed by atoms with Crippen LogP contribution in [-0.2, 0) is 4.79 Å². The minimum absolute atomic E-state index is 0.184. The molecule has 3 N–H and O–H groups in total. The molecular weight excluding hydrogens is 252 g/mol. The number of para-hydroxylation sites is 1. The third-order valence-electron chi connectivity index (χ3n) is 2.92. The molecule has 1 amide bonds. The third-order valence-corrected chi connectivity index (χ3v) is 2.92. The smallest absolute Gasteiger partial charge is 0.219 e. The van der Waals surface area contributed by atoms with Gasteiger partial charge in [-0.2, -0.15) is 5.26 Å². The van der Waals surface area contributed by atoms with Crippen LogP contribution in [0.4, 0.5) is 5.82 Å². The Morgan fingerprint density at radius 1 is 1.45 bits per heavy atom. The number of anilines is 1. The van der Waals surface area contributed by atoms with Crippen LogP contribution in [0.15, 0.2) is 30.3 Å². The molecule has 20 heavy (non-hydrogen) atoms. The molecule has 1 heterocycles. The maximum Gasteiger partial charge on any atom is 0.219 e. The molecule has 0 saturated heterocycles. The summed E-state index contributed by atoms with van der Waals surface area (Å²) in [5.41, 5.74) is 6.00. The number of carbonyl (C=O) groups excluding carboxylic acids is 1. The number of carbonyl (C=O) groups is 1. The molecular formula is C15H16N4O. The van der Waals surface area contributed by atoms with Crippen LogP contribution in [0.3, 0.4) is 0 Å². The molecule has 0 radical (unpaired) electrons. The maximum absolute atomic E-state index is 11.1. The summed E-state index contributed by atoms with van der Waals surface area (Å²) in [5, 5.41) is 13.2. The lowest BCUT2D eigenvalue weighted by Gasteiger charge is -2.25. The first kappa shape index (κ1) is 13.8. The summed E-state index contributed by atoms with van der Waals surface area (Å²) in [6, 6.07) is 11.3. The molecule has 5 nitrogen and oxygen atoms in total. The van der Waals surface area contributed by atoms with Crippen LogP contribution in [0.5, 0.6) is 0 Å². The number of amides is 1. The predicted molar refractivity (Wildman–Crippen MR) is 78.0 cm³/mol. The van der Waals surface area contributed by atoms with Crippen molar-refractivity contribution in [3.63, 3.8) is 0 Å². The average Bonchev–Trinajstić information content (AvgIpc) is 2.35. The zero-order valence-electron chi connectivity index (χ0n) is 11.5. The van der Waals surface area contributed by atoms with Gasteiger partial charge in [-0.1, -0.05) is 18.2 Å². The summed E-state index contributed by atoms with van der Waals surface area (Å²) in [5.74, 6) is 0.176. The second-order valence-electron chi connectivity index (χ2n) is 5.34. The number of nitrogens with one attached hydrogen (secondary N) is 1. The van der Waals surface area contributed by atoms with E-state index in [1.54, 1.807) is 6.07 Å². The minimum Gasteiger partial charge on any atom is -0.370 e. The lowest BCUT2D eigenvalue weighted by atomic mass is 10.00. The number of nitrogens with two attached hydrogens (primary N) is 1. The lowest BCUT2D eigenvalue weighted by molar-refractivity contribution is -0.118. The van der Waals surface area contributed by atoms with Crippen LogP contribution in [-0.4, -0.2) is 16.4 Å². The highest BCUT2D eigenvalue weighted by Gasteiger charge is 2.21. The van der Waals surface area contributed by atoms with E-state index in [4.69, 9.17) is 5.73 Å². The summed E-state index contributed by atoms with van der Waals surface area (Å²) in [6.45, 7) is 3.72. The number of nitriles is 1. The van der Waals surface area contributed by atoms with Gasteiger partial charge in [-0.15, -0.1) is 0 Å². The molecule has 0 atom stereocenters. The van der Waals surface area contributed by atoms with E-state index in [2.05, 4.69) is 16.4 Å². The van der Waals surface area contributed by atoms with Gasteiger partial charge in [-0.05, 0) is 26.0 Å². The topological polar surface area (TPSA) is 91.8 Å². The van der Waals surface area contributed by atoms with E-state index >= 15 is 0 Å². The number of primary amides is 1. The quantitative estimate of drug-likeness (QED) is 0.888. The Kier molecular flexibility index (Phi) is 3.57. The molecule has 2 aromatic rings. The molecule has 0 bridgehead atoms. The highest BCUT2D eigenvalue weighted by molar-refractivity contribution is 5.86. The Morgan fingerprint density at radius 3 is 2.80 bits per heavy atom. The van der Waals surface area contributed by atoms with Gasteiger partial charge in [0.2, 0.25) is 5.91 Å². The highest BCUT2D eigenvalue weighted by Crippen LogP contribution is 2.23. The fourth-order valence-electron chi connectivity index (χ4n) is 2.16. The van der Waals surface area contributed by atoms with E-state index in [1.807, 2.05) is 38.1 Å². The van der Waals surface area contributed by atoms with Crippen molar-refractivity contribution in [3.8, 4) is 6.07 Å². The van der Waals surface area contributed by atoms with Gasteiger partial charge in [0, 0.05) is 17.3 Å². The number of pyridine rings is 1. The monoisotopic (exact) mass is 268 g/mol. The number of nitrogens with zero attached hydrogens (tertiary/aromatic N) is 2. The van der Waals surface area contributed by atoms with Gasteiger partial charge in [0.15, 0.2) is 0 Å². The molecule has 0 fully saturated rings. The standard InChI is InChI=1S/C15H16N4O/c1-15(2,8-13(17)20)19-14-7-10(9-16)11-5-3-4-6-12(11)18-14/h3-7H,8H2,1-2H3,(H2,17,20)(H,18,19). The van der Waals surface area contributed by atoms with Gasteiger partial charge < -0.3 is 11.1 Å². The van der Waals surface area contributed by atoms with Crippen LogP contribution < -0.4 is 11.1 Å². The number of benzene rings is 1. The average molecular weight is 268 g/mol. The zero-order chi connectivity index (χ0) is 14.8. The fourth-order valence-corrected chi connectivity index (χ4v) is 2.16. The molecule has 0 aliphatic heterocycles. The van der Waals surface area contributed by atoms with Gasteiger partial charge in [-0.25, -0.2) is 4.98 Å². The fraction of sp³-hybridized carbons (Fsp3) is 0.267. The van der Waals surface area contributed by atoms with Crippen molar-refractivity contribution in [3.05, 3.63) is 35.9 Å². The Morgan fingerprint density at radius 2 is 2.15 bits per heavy atom. The summed E-state index contributed by atoms with van der Waals surface area (Å²) < 4.78 is 0. The van der Waals surface area contributed by atoms with Crippen LogP contribution in [0, 0.1) is 11.3 Å². The van der Waals surface area contributed by atoms with Crippen molar-refractivity contribution in [1.82, 2.24) is 4.98 Å². The molecule has 2 rings (SSSR count). The number of hydrogen-bond donors (Lipinski definition) is 2. The molecule has 0 saturated carbocycles. The predicted octanol–water partition coefficient (Wildman–Crippen LogP) is 2.17. The van der Waals surface area contributed by atoms with Crippen LogP contribution >= 0.6 is 0 Å². The molecule has 1 aromatic heterocycles. The van der Waals surface area contributed by atoms with Crippen LogP contribution in [0.1, 0.15) is 25.8 Å². The van der Waals surface area contributed by atoms with Crippen LogP contribution in [0.2, 0.25) is 0 Å². The van der Waals surface area contributed by atoms with Crippen molar-refractivity contribution in [2.24, 2.45) is 5.73 Å². The number of aromatic nitrogens is 1. The Labute approximate surface area is 117 Å². The zero-order valence-corrected chi connectivity index (χ0v) is 11.5. The van der Waals surface area contributed by atoms with Gasteiger partial charge in [0.05, 0.1) is 17.1 Å². The van der Waals surface area contributed by atoms with E-state index in [0.717, 1.165) is 10.9 Å². The first-order valence-corrected chi connectivity index (χ1v) is 6.28. The Balaban J connectivity index is 2.41. The van der Waals surface area contributed by atoms with Gasteiger partial charge in [0.1, 0.15) is 5.82 Å². The van der Waals surface area contributed by atoms with Crippen molar-refractivity contribution in [2.45, 2.75) is 25.8 Å². The normalized spacial score (nSPS) is 11.1. The third kappa shape index (κ3) is 3.04. The van der Waals surface area contributed by atoms with Gasteiger partial charge in [-0.3, -0.25) is 4.79 Å². The molecule has 0 spiro atoms. The number of fused-ring (bicyclic) bond motifs is 1. The van der Waals surface area contributed by atoms with Crippen molar-refractivity contribution in [2.75, 3.05) is 5.32 Å². The van der Waals surface area contributed by atoms with Crippen molar-refractivity contribution < 1.29 is 4.79 Å². The van der Waals surface area contributed by atoms with E-state index in [9.17, 15) is 10.1 Å². The summed E-state index contributed by atoms with van der Waals surface area (Å²) in [4.78, 5) is 15.5. The van der Waals surface area contributed by atoms with E-state index in [1.165, 1.54) is 0 Å². The molecule has 5 heteroatoms. The first-order valence-electron chi connectivity index (χ1n) is 6.28. The molecule has 102 valence electrons. The van der Waals surface area contributed by atoms with E-state index in [0.29, 0.717) is 11.4 Å². The van der Waals surface area contributed by atoms with E-state index in [-0.39, 0.29) is 12.3 Å². The highest BCUT2D eigenvalue weighted by atomic mass is 16.1. The van der Waals surface area contributed by atoms with Crippen LogP contribution in [0.25, 0.3) is 10.9 Å². The summed E-state index contributed by atoms with van der Waals surface area (Å²) in [6.07, 6.45) is 0.184. The van der Waals surface area contributed by atoms with Gasteiger partial charge in [0.25, 0.3) is 0 Å². The second kappa shape index (κ2) is 5.17. The first-order chi connectivity index (χ1) is 9.41. The summed E-state index contributed by atoms with van der Waals surface area (Å²) >= 11 is 0. The maximum atomic E-state index is 11.1. The van der Waals surface area contributed by atoms with Crippen molar-refractivity contribution in [1.29, 1.82) is 5.26 Å². The molecule has 0 aliphatic carbocycles. The SMILES string of the molecule is CC(C)(CC(N)=O)Nc1cc(C#N)c2ccccc2n1. The molecule has 0 aliphatic rings. The second-order valence-corrected chi connectivity index (χ2v) is 5.34. The largest absolute Gasteiger partial charge is 0.370 e. The van der Waals surface area contributed by atoms with E-state index < -0.39 is 5.54 Å². The number of rotatable bonds is 4. The molecule has 1 aromatic carbocycles. The Hall–Kier alpha value is -2.61. The lowest BCUT2D eigenvalue weighted by Crippen LogP contribution is -2.36. The van der Waals surface area contributed by atoms with Crippen molar-refractivity contribution >= 4 is 22.6 Å². The van der Waals surface area contributed by atoms with Gasteiger partial charge >= 0.3 is 0 Å².